The molecule has 0 unspecified atom stereocenters. The van der Waals surface area contributed by atoms with E-state index in [1.54, 1.807) is 0 Å². The van der Waals surface area contributed by atoms with E-state index in [4.69, 9.17) is 0 Å². The molecule has 1 aliphatic heterocycles. The lowest BCUT2D eigenvalue weighted by Gasteiger charge is -2.31. The molecule has 0 radical (unpaired) electrons. The van der Waals surface area contributed by atoms with Crippen LogP contribution in [0, 0.1) is 5.92 Å². The van der Waals surface area contributed by atoms with Gasteiger partial charge in [0, 0.05) is 24.2 Å². The molecule has 2 N–H and O–H groups in total. The van der Waals surface area contributed by atoms with Crippen molar-refractivity contribution in [3.63, 3.8) is 0 Å². The van der Waals surface area contributed by atoms with E-state index < -0.39 is 0 Å². The van der Waals surface area contributed by atoms with E-state index in [1.807, 2.05) is 43.4 Å². The van der Waals surface area contributed by atoms with E-state index >= 15 is 0 Å². The number of hydrogen-bond donors (Lipinski definition) is 2. The molecule has 0 aromatic heterocycles. The third-order valence-corrected chi connectivity index (χ3v) is 5.45. The third-order valence-electron chi connectivity index (χ3n) is 5.45. The van der Waals surface area contributed by atoms with Crippen LogP contribution < -0.4 is 10.6 Å². The van der Waals surface area contributed by atoms with Crippen LogP contribution in [0.1, 0.15) is 25.7 Å². The molecule has 27 heavy (non-hydrogen) atoms. The van der Waals surface area contributed by atoms with Gasteiger partial charge in [-0.3, -0.25) is 4.79 Å². The van der Waals surface area contributed by atoms with E-state index in [1.165, 1.54) is 19.3 Å². The summed E-state index contributed by atoms with van der Waals surface area (Å²) in [6, 6.07) is 18.2. The molecule has 0 saturated carbocycles. The molecule has 2 aromatic rings. The van der Waals surface area contributed by atoms with E-state index in [9.17, 15) is 4.79 Å². The van der Waals surface area contributed by atoms with Gasteiger partial charge >= 0.3 is 0 Å². The first kappa shape index (κ1) is 19.6. The number of piperidine rings is 1. The number of likely N-dealkylation sites (tertiary alicyclic amines) is 1. The summed E-state index contributed by atoms with van der Waals surface area (Å²) in [7, 11) is 2.02. The maximum Gasteiger partial charge on any atom is 0.225 e. The Labute approximate surface area is 163 Å². The first-order chi connectivity index (χ1) is 13.3. The standard InChI is InChI=1S/C23H31N3O/c1-24-15-11-19-12-16-26(17-13-19)18-14-23(27)25-22-10-6-5-9-21(22)20-7-3-2-4-8-20/h2-10,19,24H,11-18H2,1H3,(H,25,27). The molecule has 4 heteroatoms. The minimum atomic E-state index is 0.0932. The zero-order valence-corrected chi connectivity index (χ0v) is 16.3. The maximum atomic E-state index is 12.5. The van der Waals surface area contributed by atoms with Gasteiger partial charge in [-0.25, -0.2) is 0 Å². The van der Waals surface area contributed by atoms with Crippen LogP contribution in [0.4, 0.5) is 5.69 Å². The summed E-state index contributed by atoms with van der Waals surface area (Å²) in [6.07, 6.45) is 4.31. The van der Waals surface area contributed by atoms with Gasteiger partial charge in [0.1, 0.15) is 0 Å². The van der Waals surface area contributed by atoms with Gasteiger partial charge in [-0.05, 0) is 63.5 Å². The van der Waals surface area contributed by atoms with Crippen LogP contribution in [0.5, 0.6) is 0 Å². The summed E-state index contributed by atoms with van der Waals surface area (Å²) in [5.74, 6) is 0.927. The van der Waals surface area contributed by atoms with Crippen LogP contribution in [-0.2, 0) is 4.79 Å². The summed E-state index contributed by atoms with van der Waals surface area (Å²) in [5, 5.41) is 6.35. The van der Waals surface area contributed by atoms with Crippen molar-refractivity contribution in [1.82, 2.24) is 10.2 Å². The van der Waals surface area contributed by atoms with Crippen LogP contribution in [0.3, 0.4) is 0 Å². The molecule has 1 amide bonds. The molecular formula is C23H31N3O. The monoisotopic (exact) mass is 365 g/mol. The Hall–Kier alpha value is -2.17. The van der Waals surface area contributed by atoms with Gasteiger partial charge in [-0.1, -0.05) is 48.5 Å². The van der Waals surface area contributed by atoms with Crippen LogP contribution in [0.2, 0.25) is 0 Å². The second kappa shape index (κ2) is 10.2. The summed E-state index contributed by atoms with van der Waals surface area (Å²) in [4.78, 5) is 14.9. The largest absolute Gasteiger partial charge is 0.325 e. The zero-order chi connectivity index (χ0) is 18.9. The van der Waals surface area contributed by atoms with Crippen LogP contribution in [0.15, 0.2) is 54.6 Å². The predicted octanol–water partition coefficient (Wildman–Crippen LogP) is 4.00. The summed E-state index contributed by atoms with van der Waals surface area (Å²) in [6.45, 7) is 4.18. The molecule has 1 fully saturated rings. The SMILES string of the molecule is CNCCC1CCN(CCC(=O)Nc2ccccc2-c2ccccc2)CC1. The van der Waals surface area contributed by atoms with Gasteiger partial charge < -0.3 is 15.5 Å². The molecule has 144 valence electrons. The molecular weight excluding hydrogens is 334 g/mol. The lowest BCUT2D eigenvalue weighted by molar-refractivity contribution is -0.116. The van der Waals surface area contributed by atoms with Gasteiger partial charge in [0.2, 0.25) is 5.91 Å². The average Bonchev–Trinajstić information content (AvgIpc) is 2.72. The Kier molecular flexibility index (Phi) is 7.43. The molecule has 0 spiro atoms. The number of nitrogens with zero attached hydrogens (tertiary/aromatic N) is 1. The van der Waals surface area contributed by atoms with E-state index in [-0.39, 0.29) is 5.91 Å². The number of carbonyl (C=O) groups excluding carboxylic acids is 1. The third kappa shape index (κ3) is 5.91. The highest BCUT2D eigenvalue weighted by Gasteiger charge is 2.19. The lowest BCUT2D eigenvalue weighted by atomic mass is 9.93. The smallest absolute Gasteiger partial charge is 0.225 e. The Balaban J connectivity index is 1.48. The normalized spacial score (nSPS) is 15.6. The second-order valence-electron chi connectivity index (χ2n) is 7.39. The highest BCUT2D eigenvalue weighted by Crippen LogP contribution is 2.27. The van der Waals surface area contributed by atoms with Gasteiger partial charge in [0.15, 0.2) is 0 Å². The number of rotatable bonds is 8. The van der Waals surface area contributed by atoms with Crippen molar-refractivity contribution in [3.8, 4) is 11.1 Å². The fraction of sp³-hybridized carbons (Fsp3) is 0.435. The Bertz CT molecular complexity index is 709. The van der Waals surface area contributed by atoms with Gasteiger partial charge in [-0.2, -0.15) is 0 Å². The summed E-state index contributed by atoms with van der Waals surface area (Å²) in [5.41, 5.74) is 3.08. The lowest BCUT2D eigenvalue weighted by Crippen LogP contribution is -2.36. The minimum absolute atomic E-state index is 0.0932. The van der Waals surface area contributed by atoms with Crippen LogP contribution in [0.25, 0.3) is 11.1 Å². The first-order valence-electron chi connectivity index (χ1n) is 10.1. The number of hydrogen-bond acceptors (Lipinski definition) is 3. The number of nitrogens with one attached hydrogen (secondary N) is 2. The second-order valence-corrected chi connectivity index (χ2v) is 7.39. The van der Waals surface area contributed by atoms with Gasteiger partial charge in [-0.15, -0.1) is 0 Å². The number of anilines is 1. The maximum absolute atomic E-state index is 12.5. The predicted molar refractivity (Wildman–Crippen MR) is 113 cm³/mol. The molecule has 1 heterocycles. The topological polar surface area (TPSA) is 44.4 Å². The number of benzene rings is 2. The van der Waals surface area contributed by atoms with E-state index in [2.05, 4.69) is 33.7 Å². The first-order valence-corrected chi connectivity index (χ1v) is 10.1. The van der Waals surface area contributed by atoms with Gasteiger partial charge in [0.05, 0.1) is 0 Å². The van der Waals surface area contributed by atoms with Crippen molar-refractivity contribution in [2.45, 2.75) is 25.7 Å². The Morgan fingerprint density at radius 3 is 2.48 bits per heavy atom. The van der Waals surface area contributed by atoms with Crippen molar-refractivity contribution in [2.75, 3.05) is 38.5 Å². The summed E-state index contributed by atoms with van der Waals surface area (Å²) < 4.78 is 0. The summed E-state index contributed by atoms with van der Waals surface area (Å²) >= 11 is 0. The van der Waals surface area contributed by atoms with E-state index in [0.717, 1.165) is 48.9 Å². The van der Waals surface area contributed by atoms with Crippen molar-refractivity contribution in [3.05, 3.63) is 54.6 Å². The zero-order valence-electron chi connectivity index (χ0n) is 16.3. The van der Waals surface area contributed by atoms with Crippen molar-refractivity contribution >= 4 is 11.6 Å². The van der Waals surface area contributed by atoms with Crippen molar-refractivity contribution in [2.24, 2.45) is 5.92 Å². The molecule has 0 atom stereocenters. The molecule has 4 nitrogen and oxygen atoms in total. The number of para-hydroxylation sites is 1. The molecule has 1 saturated heterocycles. The quantitative estimate of drug-likeness (QED) is 0.743. The van der Waals surface area contributed by atoms with E-state index in [0.29, 0.717) is 6.42 Å². The minimum Gasteiger partial charge on any atom is -0.325 e. The van der Waals surface area contributed by atoms with Crippen molar-refractivity contribution < 1.29 is 4.79 Å². The average molecular weight is 366 g/mol. The van der Waals surface area contributed by atoms with Crippen LogP contribution in [-0.4, -0.2) is 44.0 Å². The Morgan fingerprint density at radius 1 is 1.04 bits per heavy atom. The Morgan fingerprint density at radius 2 is 1.74 bits per heavy atom. The van der Waals surface area contributed by atoms with Crippen LogP contribution >= 0.6 is 0 Å². The fourth-order valence-corrected chi connectivity index (χ4v) is 3.78. The molecule has 0 bridgehead atoms. The fourth-order valence-electron chi connectivity index (χ4n) is 3.78. The molecule has 0 aliphatic carbocycles. The highest BCUT2D eigenvalue weighted by molar-refractivity contribution is 5.95. The van der Waals surface area contributed by atoms with Crippen molar-refractivity contribution in [1.29, 1.82) is 0 Å². The molecule has 3 rings (SSSR count). The highest BCUT2D eigenvalue weighted by atomic mass is 16.1. The molecule has 2 aromatic carbocycles. The number of amides is 1. The number of carbonyl (C=O) groups is 1. The molecule has 1 aliphatic rings. The van der Waals surface area contributed by atoms with Gasteiger partial charge in [0.25, 0.3) is 0 Å².